The summed E-state index contributed by atoms with van der Waals surface area (Å²) >= 11 is 0. The molecule has 1 amide bonds. The highest BCUT2D eigenvalue weighted by Crippen LogP contribution is 2.17. The number of carbonyl (C=O) groups is 1. The van der Waals surface area contributed by atoms with Gasteiger partial charge in [0.05, 0.1) is 18.8 Å². The summed E-state index contributed by atoms with van der Waals surface area (Å²) < 4.78 is 0. The van der Waals surface area contributed by atoms with Gasteiger partial charge in [0.25, 0.3) is 0 Å². The van der Waals surface area contributed by atoms with Gasteiger partial charge in [0.15, 0.2) is 0 Å². The number of allylic oxidation sites excluding steroid dienone is 5. The monoisotopic (exact) mass is 856 g/mol. The van der Waals surface area contributed by atoms with Gasteiger partial charge in [-0.05, 0) is 57.8 Å². The second kappa shape index (κ2) is 53.0. The first-order chi connectivity index (χ1) is 30.2. The summed E-state index contributed by atoms with van der Waals surface area (Å²) in [4.78, 5) is 12.5. The molecule has 0 radical (unpaired) electrons. The summed E-state index contributed by atoms with van der Waals surface area (Å²) in [5.41, 5.74) is 0. The third kappa shape index (κ3) is 49.5. The van der Waals surface area contributed by atoms with Crippen LogP contribution in [0, 0.1) is 0 Å². The van der Waals surface area contributed by atoms with E-state index in [4.69, 9.17) is 0 Å². The zero-order chi connectivity index (χ0) is 44.2. The molecule has 61 heavy (non-hydrogen) atoms. The first-order valence-electron chi connectivity index (χ1n) is 27.7. The van der Waals surface area contributed by atoms with E-state index in [0.29, 0.717) is 6.42 Å². The predicted octanol–water partition coefficient (Wildman–Crippen LogP) is 18.1. The van der Waals surface area contributed by atoms with E-state index in [9.17, 15) is 15.0 Å². The Morgan fingerprint density at radius 2 is 0.639 bits per heavy atom. The molecule has 4 nitrogen and oxygen atoms in total. The van der Waals surface area contributed by atoms with Crippen molar-refractivity contribution in [1.82, 2.24) is 5.32 Å². The molecule has 4 heteroatoms. The number of carbonyl (C=O) groups excluding carboxylic acids is 1. The molecule has 0 rings (SSSR count). The topological polar surface area (TPSA) is 69.6 Å². The molecule has 0 fully saturated rings. The van der Waals surface area contributed by atoms with E-state index in [2.05, 4.69) is 43.5 Å². The fraction of sp³-hybridized carbons (Fsp3) is 0.877. The van der Waals surface area contributed by atoms with E-state index < -0.39 is 12.1 Å². The standard InChI is InChI=1S/C57H109NO3/c1-3-5-7-9-11-13-15-17-19-21-23-24-25-26-27-28-29-30-31-32-33-35-37-39-41-43-45-47-49-51-53-57(61)58-55(54-59)56(60)52-50-48-46-44-42-40-38-36-34-22-20-18-16-14-12-10-8-6-4-2/h26-27,42,44,50,52,55-56,59-60H,3-25,28-41,43,45-49,51,53-54H2,1-2H3,(H,58,61)/b27-26-,44-42+,52-50+. The van der Waals surface area contributed by atoms with E-state index in [1.54, 1.807) is 6.08 Å². The average molecular weight is 857 g/mol. The van der Waals surface area contributed by atoms with Gasteiger partial charge >= 0.3 is 0 Å². The van der Waals surface area contributed by atoms with Crippen molar-refractivity contribution in [2.75, 3.05) is 6.61 Å². The minimum absolute atomic E-state index is 0.0698. The van der Waals surface area contributed by atoms with Gasteiger partial charge in [0.2, 0.25) is 5.91 Å². The third-order valence-corrected chi connectivity index (χ3v) is 12.8. The van der Waals surface area contributed by atoms with Crippen LogP contribution in [0.2, 0.25) is 0 Å². The number of hydrogen-bond acceptors (Lipinski definition) is 3. The summed E-state index contributed by atoms with van der Waals surface area (Å²) in [5, 5.41) is 23.1. The molecule has 360 valence electrons. The molecule has 3 N–H and O–H groups in total. The summed E-state index contributed by atoms with van der Waals surface area (Å²) in [6.45, 7) is 4.33. The molecule has 2 unspecified atom stereocenters. The third-order valence-electron chi connectivity index (χ3n) is 12.8. The van der Waals surface area contributed by atoms with Crippen LogP contribution in [0.3, 0.4) is 0 Å². The maximum Gasteiger partial charge on any atom is 0.220 e. The molecule has 0 aliphatic rings. The maximum absolute atomic E-state index is 12.5. The van der Waals surface area contributed by atoms with E-state index in [0.717, 1.165) is 32.1 Å². The van der Waals surface area contributed by atoms with Crippen molar-refractivity contribution in [3.05, 3.63) is 36.5 Å². The molecular weight excluding hydrogens is 747 g/mol. The molecule has 2 atom stereocenters. The van der Waals surface area contributed by atoms with Crippen molar-refractivity contribution < 1.29 is 15.0 Å². The Hall–Kier alpha value is -1.39. The summed E-state index contributed by atoms with van der Waals surface area (Å²) in [6.07, 6.45) is 71.6. The van der Waals surface area contributed by atoms with Crippen LogP contribution in [0.5, 0.6) is 0 Å². The molecule has 0 aliphatic heterocycles. The summed E-state index contributed by atoms with van der Waals surface area (Å²) in [6, 6.07) is -0.638. The second-order valence-corrected chi connectivity index (χ2v) is 19.0. The zero-order valence-electron chi connectivity index (χ0n) is 41.4. The van der Waals surface area contributed by atoms with Crippen LogP contribution >= 0.6 is 0 Å². The number of rotatable bonds is 51. The van der Waals surface area contributed by atoms with Crippen LogP contribution in [0.1, 0.15) is 303 Å². The highest BCUT2D eigenvalue weighted by molar-refractivity contribution is 5.76. The van der Waals surface area contributed by atoms with Crippen molar-refractivity contribution in [1.29, 1.82) is 0 Å². The summed E-state index contributed by atoms with van der Waals surface area (Å²) in [5.74, 6) is -0.0698. The highest BCUT2D eigenvalue weighted by Gasteiger charge is 2.18. The summed E-state index contributed by atoms with van der Waals surface area (Å²) in [7, 11) is 0. The lowest BCUT2D eigenvalue weighted by Gasteiger charge is -2.19. The number of amides is 1. The van der Waals surface area contributed by atoms with Crippen molar-refractivity contribution >= 4 is 5.91 Å². The van der Waals surface area contributed by atoms with Gasteiger partial charge < -0.3 is 15.5 Å². The predicted molar refractivity (Wildman–Crippen MR) is 272 cm³/mol. The Balaban J connectivity index is 3.49. The zero-order valence-corrected chi connectivity index (χ0v) is 41.4. The minimum atomic E-state index is -0.861. The Morgan fingerprint density at radius 1 is 0.377 bits per heavy atom. The van der Waals surface area contributed by atoms with Crippen molar-refractivity contribution in [2.45, 2.75) is 315 Å². The van der Waals surface area contributed by atoms with Crippen molar-refractivity contribution in [3.63, 3.8) is 0 Å². The fourth-order valence-corrected chi connectivity index (χ4v) is 8.60. The van der Waals surface area contributed by atoms with E-state index >= 15 is 0 Å². The highest BCUT2D eigenvalue weighted by atomic mass is 16.3. The first-order valence-corrected chi connectivity index (χ1v) is 27.7. The quantitative estimate of drug-likeness (QED) is 0.0422. The van der Waals surface area contributed by atoms with E-state index in [1.807, 2.05) is 6.08 Å². The molecule has 0 spiro atoms. The van der Waals surface area contributed by atoms with Crippen molar-refractivity contribution in [2.24, 2.45) is 0 Å². The number of hydrogen-bond donors (Lipinski definition) is 3. The molecule has 0 heterocycles. The smallest absolute Gasteiger partial charge is 0.220 e. The Labute approximate surface area is 382 Å². The lowest BCUT2D eigenvalue weighted by Crippen LogP contribution is -2.45. The Bertz CT molecular complexity index is 928. The normalized spacial score (nSPS) is 13.0. The lowest BCUT2D eigenvalue weighted by molar-refractivity contribution is -0.123. The van der Waals surface area contributed by atoms with Gasteiger partial charge in [-0.1, -0.05) is 275 Å². The number of aliphatic hydroxyl groups is 2. The number of nitrogens with one attached hydrogen (secondary N) is 1. The molecule has 0 aromatic heterocycles. The fourth-order valence-electron chi connectivity index (χ4n) is 8.60. The SMILES string of the molecule is CCCCCCCCCCCCCC/C=C\CCCCCCCCCCCCCCCCC(=O)NC(CO)C(O)/C=C/CC/C=C/CCCCCCCCCCCCCCC. The first kappa shape index (κ1) is 59.6. The van der Waals surface area contributed by atoms with Crippen molar-refractivity contribution in [3.8, 4) is 0 Å². The molecule has 0 saturated carbocycles. The van der Waals surface area contributed by atoms with Gasteiger partial charge in [-0.15, -0.1) is 0 Å². The molecule has 0 bridgehead atoms. The van der Waals surface area contributed by atoms with Gasteiger partial charge in [0, 0.05) is 6.42 Å². The van der Waals surface area contributed by atoms with E-state index in [-0.39, 0.29) is 12.5 Å². The molecule has 0 aromatic carbocycles. The number of aliphatic hydroxyl groups excluding tert-OH is 2. The van der Waals surface area contributed by atoms with Gasteiger partial charge in [-0.25, -0.2) is 0 Å². The van der Waals surface area contributed by atoms with E-state index in [1.165, 1.54) is 250 Å². The van der Waals surface area contributed by atoms with Crippen LogP contribution in [0.15, 0.2) is 36.5 Å². The minimum Gasteiger partial charge on any atom is -0.394 e. The maximum atomic E-state index is 12.5. The lowest BCUT2D eigenvalue weighted by atomic mass is 10.0. The largest absolute Gasteiger partial charge is 0.394 e. The van der Waals surface area contributed by atoms with Crippen LogP contribution in [-0.2, 0) is 4.79 Å². The van der Waals surface area contributed by atoms with Crippen LogP contribution in [-0.4, -0.2) is 34.9 Å². The van der Waals surface area contributed by atoms with Crippen LogP contribution in [0.25, 0.3) is 0 Å². The number of unbranched alkanes of at least 4 members (excludes halogenated alkanes) is 40. The van der Waals surface area contributed by atoms with Gasteiger partial charge in [0.1, 0.15) is 0 Å². The van der Waals surface area contributed by atoms with Gasteiger partial charge in [-0.2, -0.15) is 0 Å². The van der Waals surface area contributed by atoms with Crippen LogP contribution in [0.4, 0.5) is 0 Å². The second-order valence-electron chi connectivity index (χ2n) is 19.0. The average Bonchev–Trinajstić information content (AvgIpc) is 3.26. The van der Waals surface area contributed by atoms with Gasteiger partial charge in [-0.3, -0.25) is 4.79 Å². The Kier molecular flexibility index (Phi) is 51.7. The van der Waals surface area contributed by atoms with Crippen LogP contribution < -0.4 is 5.32 Å². The molecule has 0 aromatic rings. The Morgan fingerprint density at radius 3 is 0.951 bits per heavy atom. The molecule has 0 saturated heterocycles. The molecule has 0 aliphatic carbocycles. The molecular formula is C57H109NO3.